The standard InChI is InChI=1S/C20H25NO/c1-16-15-21(2)14-13-19(16)22-20(17-9-5-3-6-10-17)18-11-7-4-8-12-18/h3-12,16,19-20H,13-15H2,1-2H3. The Balaban J connectivity index is 1.83. The molecule has 116 valence electrons. The van der Waals surface area contributed by atoms with Crippen molar-refractivity contribution in [2.75, 3.05) is 20.1 Å². The average molecular weight is 295 g/mol. The maximum Gasteiger partial charge on any atom is 0.108 e. The van der Waals surface area contributed by atoms with Gasteiger partial charge in [0.15, 0.2) is 0 Å². The highest BCUT2D eigenvalue weighted by atomic mass is 16.5. The van der Waals surface area contributed by atoms with Crippen molar-refractivity contribution >= 4 is 0 Å². The molecule has 2 nitrogen and oxygen atoms in total. The number of likely N-dealkylation sites (tertiary alicyclic amines) is 1. The molecule has 2 atom stereocenters. The minimum atomic E-state index is 0.0262. The van der Waals surface area contributed by atoms with E-state index in [1.807, 2.05) is 0 Å². The van der Waals surface area contributed by atoms with Gasteiger partial charge in [0.25, 0.3) is 0 Å². The first-order valence-electron chi connectivity index (χ1n) is 8.18. The molecule has 1 heterocycles. The van der Waals surface area contributed by atoms with Crippen LogP contribution in [0.25, 0.3) is 0 Å². The molecule has 1 saturated heterocycles. The molecule has 1 aliphatic heterocycles. The van der Waals surface area contributed by atoms with Crippen molar-refractivity contribution in [2.24, 2.45) is 5.92 Å². The van der Waals surface area contributed by atoms with Gasteiger partial charge in [-0.25, -0.2) is 0 Å². The summed E-state index contributed by atoms with van der Waals surface area (Å²) >= 11 is 0. The largest absolute Gasteiger partial charge is 0.365 e. The molecule has 0 aliphatic carbocycles. The van der Waals surface area contributed by atoms with Crippen LogP contribution in [-0.4, -0.2) is 31.1 Å². The van der Waals surface area contributed by atoms with E-state index in [1.165, 1.54) is 11.1 Å². The molecule has 2 aromatic rings. The fourth-order valence-electron chi connectivity index (χ4n) is 3.31. The third-order valence-electron chi connectivity index (χ3n) is 4.55. The molecule has 3 rings (SSSR count). The van der Waals surface area contributed by atoms with Crippen molar-refractivity contribution < 1.29 is 4.74 Å². The summed E-state index contributed by atoms with van der Waals surface area (Å²) in [5, 5.41) is 0. The van der Waals surface area contributed by atoms with Gasteiger partial charge in [0.05, 0.1) is 6.10 Å². The second-order valence-corrected chi connectivity index (χ2v) is 6.40. The van der Waals surface area contributed by atoms with E-state index in [0.717, 1.165) is 19.5 Å². The number of nitrogens with zero attached hydrogens (tertiary/aromatic N) is 1. The summed E-state index contributed by atoms with van der Waals surface area (Å²) in [5.74, 6) is 0.564. The van der Waals surface area contributed by atoms with Crippen LogP contribution in [0.3, 0.4) is 0 Å². The van der Waals surface area contributed by atoms with E-state index in [4.69, 9.17) is 4.74 Å². The maximum atomic E-state index is 6.60. The van der Waals surface area contributed by atoms with Crippen molar-refractivity contribution in [2.45, 2.75) is 25.6 Å². The topological polar surface area (TPSA) is 12.5 Å². The first-order valence-corrected chi connectivity index (χ1v) is 8.18. The van der Waals surface area contributed by atoms with Crippen LogP contribution in [0.1, 0.15) is 30.6 Å². The molecular formula is C20H25NO. The third-order valence-corrected chi connectivity index (χ3v) is 4.55. The molecule has 1 fully saturated rings. The maximum absolute atomic E-state index is 6.60. The van der Waals surface area contributed by atoms with Crippen LogP contribution in [0.2, 0.25) is 0 Å². The molecule has 0 spiro atoms. The molecule has 0 amide bonds. The Kier molecular flexibility index (Phi) is 4.91. The van der Waals surface area contributed by atoms with Crippen LogP contribution in [0.15, 0.2) is 60.7 Å². The summed E-state index contributed by atoms with van der Waals surface area (Å²) < 4.78 is 6.60. The van der Waals surface area contributed by atoms with E-state index >= 15 is 0 Å². The van der Waals surface area contributed by atoms with E-state index in [9.17, 15) is 0 Å². The smallest absolute Gasteiger partial charge is 0.108 e. The van der Waals surface area contributed by atoms with Crippen LogP contribution in [0.5, 0.6) is 0 Å². The molecule has 0 saturated carbocycles. The second-order valence-electron chi connectivity index (χ2n) is 6.40. The van der Waals surface area contributed by atoms with E-state index in [0.29, 0.717) is 12.0 Å². The molecule has 0 bridgehead atoms. The number of benzene rings is 2. The Labute approximate surface area is 133 Å². The molecule has 1 aliphatic rings. The average Bonchev–Trinajstić information content (AvgIpc) is 2.56. The molecule has 0 radical (unpaired) electrons. The van der Waals surface area contributed by atoms with Gasteiger partial charge < -0.3 is 9.64 Å². The lowest BCUT2D eigenvalue weighted by Crippen LogP contribution is -2.41. The fourth-order valence-corrected chi connectivity index (χ4v) is 3.31. The van der Waals surface area contributed by atoms with E-state index in [2.05, 4.69) is 79.5 Å². The molecular weight excluding hydrogens is 270 g/mol. The van der Waals surface area contributed by atoms with Gasteiger partial charge in [-0.1, -0.05) is 67.6 Å². The zero-order chi connectivity index (χ0) is 15.4. The van der Waals surface area contributed by atoms with Gasteiger partial charge in [-0.05, 0) is 30.5 Å². The summed E-state index contributed by atoms with van der Waals surface area (Å²) in [6, 6.07) is 21.1. The lowest BCUT2D eigenvalue weighted by Gasteiger charge is -2.37. The van der Waals surface area contributed by atoms with E-state index < -0.39 is 0 Å². The van der Waals surface area contributed by atoms with Crippen LogP contribution >= 0.6 is 0 Å². The normalized spacial score (nSPS) is 22.9. The first-order chi connectivity index (χ1) is 10.7. The van der Waals surface area contributed by atoms with Gasteiger partial charge in [-0.3, -0.25) is 0 Å². The van der Waals surface area contributed by atoms with Gasteiger partial charge >= 0.3 is 0 Å². The Bertz CT molecular complexity index is 529. The van der Waals surface area contributed by atoms with Gasteiger partial charge in [0.2, 0.25) is 0 Å². The van der Waals surface area contributed by atoms with E-state index in [-0.39, 0.29) is 6.10 Å². The first kappa shape index (κ1) is 15.3. The number of hydrogen-bond acceptors (Lipinski definition) is 2. The summed E-state index contributed by atoms with van der Waals surface area (Å²) in [7, 11) is 2.19. The minimum absolute atomic E-state index is 0.0262. The molecule has 2 heteroatoms. The van der Waals surface area contributed by atoms with Crippen molar-refractivity contribution in [1.29, 1.82) is 0 Å². The Morgan fingerprint density at radius 1 is 0.955 bits per heavy atom. The second kappa shape index (κ2) is 7.08. The van der Waals surface area contributed by atoms with Crippen molar-refractivity contribution in [1.82, 2.24) is 4.90 Å². The predicted octanol–water partition coefficient (Wildman–Crippen LogP) is 4.13. The highest BCUT2D eigenvalue weighted by Crippen LogP contribution is 2.31. The Morgan fingerprint density at radius 2 is 1.50 bits per heavy atom. The Morgan fingerprint density at radius 3 is 2.00 bits per heavy atom. The molecule has 0 aromatic heterocycles. The van der Waals surface area contributed by atoms with Crippen LogP contribution < -0.4 is 0 Å². The lowest BCUT2D eigenvalue weighted by atomic mass is 9.95. The highest BCUT2D eigenvalue weighted by Gasteiger charge is 2.28. The zero-order valence-corrected chi connectivity index (χ0v) is 13.5. The molecule has 22 heavy (non-hydrogen) atoms. The fraction of sp³-hybridized carbons (Fsp3) is 0.400. The number of piperidine rings is 1. The van der Waals surface area contributed by atoms with Crippen LogP contribution in [0.4, 0.5) is 0 Å². The Hall–Kier alpha value is -1.64. The summed E-state index contributed by atoms with van der Waals surface area (Å²) in [5.41, 5.74) is 2.47. The molecule has 2 unspecified atom stereocenters. The highest BCUT2D eigenvalue weighted by molar-refractivity contribution is 5.30. The van der Waals surface area contributed by atoms with Gasteiger partial charge in [0.1, 0.15) is 6.10 Å². The van der Waals surface area contributed by atoms with Gasteiger partial charge in [-0.15, -0.1) is 0 Å². The third kappa shape index (κ3) is 3.57. The van der Waals surface area contributed by atoms with Crippen LogP contribution in [0, 0.1) is 5.92 Å². The molecule has 0 N–H and O–H groups in total. The van der Waals surface area contributed by atoms with Crippen molar-refractivity contribution in [3.05, 3.63) is 71.8 Å². The van der Waals surface area contributed by atoms with Crippen LogP contribution in [-0.2, 0) is 4.74 Å². The summed E-state index contributed by atoms with van der Waals surface area (Å²) in [4.78, 5) is 2.39. The lowest BCUT2D eigenvalue weighted by molar-refractivity contribution is -0.0535. The van der Waals surface area contributed by atoms with Crippen molar-refractivity contribution in [3.8, 4) is 0 Å². The monoisotopic (exact) mass is 295 g/mol. The quantitative estimate of drug-likeness (QED) is 0.841. The zero-order valence-electron chi connectivity index (χ0n) is 13.5. The molecule has 2 aromatic carbocycles. The predicted molar refractivity (Wildman–Crippen MR) is 90.9 cm³/mol. The summed E-state index contributed by atoms with van der Waals surface area (Å²) in [6.07, 6.45) is 1.45. The summed E-state index contributed by atoms with van der Waals surface area (Å²) in [6.45, 7) is 4.53. The number of rotatable bonds is 4. The number of hydrogen-bond donors (Lipinski definition) is 0. The SMILES string of the molecule is CC1CN(C)CCC1OC(c1ccccc1)c1ccccc1. The van der Waals surface area contributed by atoms with Crippen molar-refractivity contribution in [3.63, 3.8) is 0 Å². The number of ether oxygens (including phenoxy) is 1. The minimum Gasteiger partial charge on any atom is -0.365 e. The van der Waals surface area contributed by atoms with Gasteiger partial charge in [0, 0.05) is 13.1 Å². The van der Waals surface area contributed by atoms with Gasteiger partial charge in [-0.2, -0.15) is 0 Å². The van der Waals surface area contributed by atoms with E-state index in [1.54, 1.807) is 0 Å².